The van der Waals surface area contributed by atoms with Gasteiger partial charge in [-0.1, -0.05) is 24.3 Å². The Balaban J connectivity index is 2.37. The first-order valence-electron chi connectivity index (χ1n) is 6.12. The number of hydrogen-bond donors (Lipinski definition) is 2. The Hall–Kier alpha value is -2.47. The molecule has 0 saturated heterocycles. The van der Waals surface area contributed by atoms with E-state index in [0.29, 0.717) is 5.56 Å². The fourth-order valence-electron chi connectivity index (χ4n) is 2.02. The van der Waals surface area contributed by atoms with Crippen molar-refractivity contribution in [2.75, 3.05) is 11.9 Å². The zero-order valence-corrected chi connectivity index (χ0v) is 10.7. The number of carbonyl (C=O) groups is 1. The minimum Gasteiger partial charge on any atom is -0.478 e. The molecule has 0 amide bonds. The van der Waals surface area contributed by atoms with Crippen LogP contribution in [-0.4, -0.2) is 17.6 Å². The van der Waals surface area contributed by atoms with Crippen LogP contribution >= 0.6 is 0 Å². The number of hydrogen-bond acceptors (Lipinski definition) is 2. The Morgan fingerprint density at radius 3 is 2.63 bits per heavy atom. The van der Waals surface area contributed by atoms with E-state index in [1.54, 1.807) is 6.07 Å². The second kappa shape index (κ2) is 5.92. The molecule has 0 aliphatic heterocycles. The van der Waals surface area contributed by atoms with E-state index in [2.05, 4.69) is 17.2 Å². The maximum absolute atomic E-state index is 11.2. The summed E-state index contributed by atoms with van der Waals surface area (Å²) >= 11 is 0. The SMILES string of the molecule is CC#CCCNc1ccc(C(=O)O)c2ccccc12. The molecule has 0 radical (unpaired) electrons. The van der Waals surface area contributed by atoms with Crippen molar-refractivity contribution in [3.63, 3.8) is 0 Å². The third kappa shape index (κ3) is 2.86. The van der Waals surface area contributed by atoms with Gasteiger partial charge >= 0.3 is 5.97 Å². The molecule has 0 saturated carbocycles. The lowest BCUT2D eigenvalue weighted by Crippen LogP contribution is -2.03. The highest BCUT2D eigenvalue weighted by atomic mass is 16.4. The number of carboxylic acid groups (broad SMARTS) is 1. The minimum atomic E-state index is -0.903. The van der Waals surface area contributed by atoms with Crippen molar-refractivity contribution in [3.05, 3.63) is 42.0 Å². The number of carboxylic acids is 1. The summed E-state index contributed by atoms with van der Waals surface area (Å²) in [4.78, 5) is 11.2. The summed E-state index contributed by atoms with van der Waals surface area (Å²) in [6, 6.07) is 11.0. The first-order chi connectivity index (χ1) is 9.24. The van der Waals surface area contributed by atoms with Crippen LogP contribution in [0.4, 0.5) is 5.69 Å². The first kappa shape index (κ1) is 13.0. The van der Waals surface area contributed by atoms with Crippen LogP contribution in [0.5, 0.6) is 0 Å². The van der Waals surface area contributed by atoms with Gasteiger partial charge in [-0.05, 0) is 24.4 Å². The van der Waals surface area contributed by atoms with Gasteiger partial charge in [-0.25, -0.2) is 4.79 Å². The van der Waals surface area contributed by atoms with Crippen LogP contribution in [0.15, 0.2) is 36.4 Å². The molecule has 0 bridgehead atoms. The van der Waals surface area contributed by atoms with E-state index in [1.165, 1.54) is 0 Å². The largest absolute Gasteiger partial charge is 0.478 e. The highest BCUT2D eigenvalue weighted by Crippen LogP contribution is 2.26. The number of rotatable bonds is 4. The van der Waals surface area contributed by atoms with Gasteiger partial charge in [-0.15, -0.1) is 11.8 Å². The summed E-state index contributed by atoms with van der Waals surface area (Å²) in [6.07, 6.45) is 0.769. The summed E-state index contributed by atoms with van der Waals surface area (Å²) in [5.41, 5.74) is 1.27. The fourth-order valence-corrected chi connectivity index (χ4v) is 2.02. The van der Waals surface area contributed by atoms with E-state index in [9.17, 15) is 9.90 Å². The van der Waals surface area contributed by atoms with E-state index in [4.69, 9.17) is 0 Å². The lowest BCUT2D eigenvalue weighted by Gasteiger charge is -2.10. The van der Waals surface area contributed by atoms with Crippen LogP contribution in [0.3, 0.4) is 0 Å². The van der Waals surface area contributed by atoms with Gasteiger partial charge in [0.1, 0.15) is 0 Å². The predicted molar refractivity (Wildman–Crippen MR) is 77.5 cm³/mol. The van der Waals surface area contributed by atoms with Gasteiger partial charge in [0, 0.05) is 24.0 Å². The van der Waals surface area contributed by atoms with Crippen molar-refractivity contribution in [1.29, 1.82) is 0 Å². The van der Waals surface area contributed by atoms with Crippen molar-refractivity contribution in [2.24, 2.45) is 0 Å². The summed E-state index contributed by atoms with van der Waals surface area (Å²) in [5, 5.41) is 14.1. The molecule has 0 fully saturated rings. The molecule has 0 spiro atoms. The second-order valence-corrected chi connectivity index (χ2v) is 4.11. The number of benzene rings is 2. The fraction of sp³-hybridized carbons (Fsp3) is 0.188. The van der Waals surface area contributed by atoms with E-state index in [0.717, 1.165) is 29.4 Å². The van der Waals surface area contributed by atoms with E-state index >= 15 is 0 Å². The van der Waals surface area contributed by atoms with Crippen molar-refractivity contribution >= 4 is 22.4 Å². The molecule has 96 valence electrons. The number of fused-ring (bicyclic) bond motifs is 1. The molecule has 0 aliphatic rings. The van der Waals surface area contributed by atoms with E-state index in [-0.39, 0.29) is 0 Å². The molecule has 3 nitrogen and oxygen atoms in total. The van der Waals surface area contributed by atoms with Crippen LogP contribution in [0, 0.1) is 11.8 Å². The van der Waals surface area contributed by atoms with Gasteiger partial charge in [-0.3, -0.25) is 0 Å². The Morgan fingerprint density at radius 2 is 1.95 bits per heavy atom. The molecule has 0 unspecified atom stereocenters. The molecule has 0 atom stereocenters. The van der Waals surface area contributed by atoms with Crippen molar-refractivity contribution in [2.45, 2.75) is 13.3 Å². The second-order valence-electron chi connectivity index (χ2n) is 4.11. The lowest BCUT2D eigenvalue weighted by atomic mass is 10.0. The minimum absolute atomic E-state index is 0.328. The maximum Gasteiger partial charge on any atom is 0.336 e. The average molecular weight is 253 g/mol. The smallest absolute Gasteiger partial charge is 0.336 e. The Labute approximate surface area is 112 Å². The summed E-state index contributed by atoms with van der Waals surface area (Å²) < 4.78 is 0. The molecule has 19 heavy (non-hydrogen) atoms. The van der Waals surface area contributed by atoms with Crippen LogP contribution in [0.25, 0.3) is 10.8 Å². The maximum atomic E-state index is 11.2. The third-order valence-electron chi connectivity index (χ3n) is 2.90. The molecular formula is C16H15NO2. The van der Waals surface area contributed by atoms with Gasteiger partial charge in [0.25, 0.3) is 0 Å². The summed E-state index contributed by atoms with van der Waals surface area (Å²) in [7, 11) is 0. The summed E-state index contributed by atoms with van der Waals surface area (Å²) in [5.74, 6) is 4.93. The lowest BCUT2D eigenvalue weighted by molar-refractivity contribution is 0.0699. The number of nitrogens with one attached hydrogen (secondary N) is 1. The molecule has 2 aromatic carbocycles. The van der Waals surface area contributed by atoms with Gasteiger partial charge in [0.05, 0.1) is 5.56 Å². The zero-order valence-electron chi connectivity index (χ0n) is 10.7. The van der Waals surface area contributed by atoms with Crippen LogP contribution in [0.1, 0.15) is 23.7 Å². The average Bonchev–Trinajstić information content (AvgIpc) is 2.43. The van der Waals surface area contributed by atoms with E-state index in [1.807, 2.05) is 37.3 Å². The molecule has 0 aromatic heterocycles. The number of anilines is 1. The quantitative estimate of drug-likeness (QED) is 0.649. The van der Waals surface area contributed by atoms with Gasteiger partial charge in [-0.2, -0.15) is 0 Å². The van der Waals surface area contributed by atoms with Crippen molar-refractivity contribution < 1.29 is 9.90 Å². The highest BCUT2D eigenvalue weighted by Gasteiger charge is 2.10. The standard InChI is InChI=1S/C16H15NO2/c1-2-3-6-11-17-15-10-9-14(16(18)19)12-7-4-5-8-13(12)15/h4-5,7-10,17H,6,11H2,1H3,(H,18,19). The Kier molecular flexibility index (Phi) is 4.04. The first-order valence-corrected chi connectivity index (χ1v) is 6.12. The van der Waals surface area contributed by atoms with Crippen molar-refractivity contribution in [1.82, 2.24) is 0 Å². The zero-order chi connectivity index (χ0) is 13.7. The monoisotopic (exact) mass is 253 g/mol. The Bertz CT molecular complexity index is 665. The molecule has 2 rings (SSSR count). The molecular weight excluding hydrogens is 238 g/mol. The van der Waals surface area contributed by atoms with E-state index < -0.39 is 5.97 Å². The number of aromatic carboxylic acids is 1. The molecule has 0 heterocycles. The third-order valence-corrected chi connectivity index (χ3v) is 2.90. The summed E-state index contributed by atoms with van der Waals surface area (Å²) in [6.45, 7) is 2.56. The van der Waals surface area contributed by atoms with Gasteiger partial charge < -0.3 is 10.4 Å². The highest BCUT2D eigenvalue weighted by molar-refractivity contribution is 6.07. The topological polar surface area (TPSA) is 49.3 Å². The molecule has 2 N–H and O–H groups in total. The normalized spacial score (nSPS) is 9.74. The Morgan fingerprint density at radius 1 is 1.21 bits per heavy atom. The van der Waals surface area contributed by atoms with Gasteiger partial charge in [0.2, 0.25) is 0 Å². The van der Waals surface area contributed by atoms with Crippen molar-refractivity contribution in [3.8, 4) is 11.8 Å². The predicted octanol–water partition coefficient (Wildman–Crippen LogP) is 3.36. The van der Waals surface area contributed by atoms with Crippen LogP contribution < -0.4 is 5.32 Å². The van der Waals surface area contributed by atoms with Gasteiger partial charge in [0.15, 0.2) is 0 Å². The van der Waals surface area contributed by atoms with Crippen LogP contribution in [0.2, 0.25) is 0 Å². The van der Waals surface area contributed by atoms with Crippen LogP contribution in [-0.2, 0) is 0 Å². The molecule has 3 heteroatoms. The molecule has 0 aliphatic carbocycles. The molecule has 2 aromatic rings.